The summed E-state index contributed by atoms with van der Waals surface area (Å²) >= 11 is 0. The molecule has 0 saturated carbocycles. The highest BCUT2D eigenvalue weighted by atomic mass is 16.5. The third-order valence-electron chi connectivity index (χ3n) is 4.77. The fourth-order valence-electron chi connectivity index (χ4n) is 3.32. The zero-order valence-corrected chi connectivity index (χ0v) is 14.9. The van der Waals surface area contributed by atoms with Crippen molar-refractivity contribution >= 4 is 17.7 Å². The van der Waals surface area contributed by atoms with Crippen LogP contribution in [0.1, 0.15) is 31.7 Å². The van der Waals surface area contributed by atoms with Crippen molar-refractivity contribution in [3.05, 3.63) is 66.2 Å². The van der Waals surface area contributed by atoms with Crippen molar-refractivity contribution in [1.82, 2.24) is 0 Å². The number of benzene rings is 2. The summed E-state index contributed by atoms with van der Waals surface area (Å²) in [6.45, 7) is 2.17. The van der Waals surface area contributed by atoms with Crippen molar-refractivity contribution in [2.75, 3.05) is 12.0 Å². The molecule has 2 aromatic rings. The van der Waals surface area contributed by atoms with E-state index >= 15 is 0 Å². The molecule has 0 radical (unpaired) electrons. The van der Waals surface area contributed by atoms with E-state index in [1.54, 1.807) is 7.11 Å². The van der Waals surface area contributed by atoms with Gasteiger partial charge in [-0.3, -0.25) is 4.79 Å². The number of amides is 1. The number of methoxy groups -OCH3 is 1. The lowest BCUT2D eigenvalue weighted by Crippen LogP contribution is -2.60. The Kier molecular flexibility index (Phi) is 5.54. The Hall–Kier alpha value is -2.55. The summed E-state index contributed by atoms with van der Waals surface area (Å²) < 4.78 is 5.22. The highest BCUT2D eigenvalue weighted by Crippen LogP contribution is 2.37. The van der Waals surface area contributed by atoms with Crippen LogP contribution in [0, 0.1) is 5.92 Å². The van der Waals surface area contributed by atoms with Gasteiger partial charge in [0.15, 0.2) is 0 Å². The van der Waals surface area contributed by atoms with Crippen LogP contribution in [0.25, 0.3) is 6.08 Å². The van der Waals surface area contributed by atoms with E-state index in [4.69, 9.17) is 4.74 Å². The van der Waals surface area contributed by atoms with E-state index in [0.717, 1.165) is 36.3 Å². The van der Waals surface area contributed by atoms with Gasteiger partial charge in [0.2, 0.25) is 5.91 Å². The number of anilines is 1. The van der Waals surface area contributed by atoms with Crippen molar-refractivity contribution in [2.45, 2.75) is 32.2 Å². The van der Waals surface area contributed by atoms with Gasteiger partial charge in [0.25, 0.3) is 0 Å². The molecular weight excluding hydrogens is 310 g/mol. The summed E-state index contributed by atoms with van der Waals surface area (Å²) in [6.07, 6.45) is 7.43. The molecule has 3 heteroatoms. The molecule has 1 amide bonds. The topological polar surface area (TPSA) is 29.5 Å². The van der Waals surface area contributed by atoms with Gasteiger partial charge in [0.05, 0.1) is 19.1 Å². The molecular formula is C22H25NO2. The Morgan fingerprint density at radius 3 is 2.44 bits per heavy atom. The average Bonchev–Trinajstić information content (AvgIpc) is 2.66. The number of unbranched alkanes of at least 4 members (excludes halogenated alkanes) is 1. The third kappa shape index (κ3) is 3.76. The SMILES string of the molecule is CCCC[C@@H]1C(=O)N(c2ccc(OC)cc2)[C@@H]1/C=C/c1ccccc1. The molecule has 0 aromatic heterocycles. The molecule has 2 atom stereocenters. The minimum atomic E-state index is 0.0852. The van der Waals surface area contributed by atoms with E-state index in [9.17, 15) is 4.79 Å². The minimum Gasteiger partial charge on any atom is -0.497 e. The predicted molar refractivity (Wildman–Crippen MR) is 103 cm³/mol. The number of carbonyl (C=O) groups excluding carboxylic acids is 1. The molecule has 0 unspecified atom stereocenters. The molecule has 1 fully saturated rings. The number of hydrogen-bond donors (Lipinski definition) is 0. The van der Waals surface area contributed by atoms with Crippen LogP contribution >= 0.6 is 0 Å². The van der Waals surface area contributed by atoms with Crippen molar-refractivity contribution in [1.29, 1.82) is 0 Å². The van der Waals surface area contributed by atoms with Crippen LogP contribution in [0.15, 0.2) is 60.7 Å². The van der Waals surface area contributed by atoms with Crippen LogP contribution in [-0.2, 0) is 4.79 Å². The zero-order valence-electron chi connectivity index (χ0n) is 14.9. The van der Waals surface area contributed by atoms with E-state index in [1.165, 1.54) is 0 Å². The number of rotatable bonds is 7. The summed E-state index contributed by atoms with van der Waals surface area (Å²) in [4.78, 5) is 14.6. The van der Waals surface area contributed by atoms with E-state index in [-0.39, 0.29) is 17.9 Å². The van der Waals surface area contributed by atoms with Crippen LogP contribution in [-0.4, -0.2) is 19.1 Å². The highest BCUT2D eigenvalue weighted by molar-refractivity contribution is 6.03. The van der Waals surface area contributed by atoms with Crippen LogP contribution in [0.5, 0.6) is 5.75 Å². The van der Waals surface area contributed by atoms with Gasteiger partial charge in [0, 0.05) is 5.69 Å². The van der Waals surface area contributed by atoms with Crippen molar-refractivity contribution in [3.8, 4) is 5.75 Å². The molecule has 0 N–H and O–H groups in total. The first-order valence-electron chi connectivity index (χ1n) is 8.95. The van der Waals surface area contributed by atoms with Gasteiger partial charge < -0.3 is 9.64 Å². The molecule has 3 rings (SSSR count). The van der Waals surface area contributed by atoms with Crippen LogP contribution < -0.4 is 9.64 Å². The van der Waals surface area contributed by atoms with Gasteiger partial charge >= 0.3 is 0 Å². The van der Waals surface area contributed by atoms with E-state index in [1.807, 2.05) is 47.4 Å². The van der Waals surface area contributed by atoms with Crippen LogP contribution in [0.4, 0.5) is 5.69 Å². The Bertz CT molecular complexity index is 721. The summed E-state index contributed by atoms with van der Waals surface area (Å²) in [5, 5.41) is 0. The standard InChI is InChI=1S/C22H25NO2/c1-3-4-10-20-21(16-11-17-8-6-5-7-9-17)23(22(20)24)18-12-14-19(25-2)15-13-18/h5-9,11-16,20-21H,3-4,10H2,1-2H3/b16-11+/t20-,21+/m0/s1. The molecule has 0 aliphatic carbocycles. The lowest BCUT2D eigenvalue weighted by molar-refractivity contribution is -0.129. The lowest BCUT2D eigenvalue weighted by Gasteiger charge is -2.46. The maximum absolute atomic E-state index is 12.7. The van der Waals surface area contributed by atoms with Gasteiger partial charge in [-0.25, -0.2) is 0 Å². The quantitative estimate of drug-likeness (QED) is 0.671. The summed E-state index contributed by atoms with van der Waals surface area (Å²) in [7, 11) is 1.65. The number of carbonyl (C=O) groups is 1. The smallest absolute Gasteiger partial charge is 0.233 e. The zero-order chi connectivity index (χ0) is 17.6. The van der Waals surface area contributed by atoms with E-state index in [0.29, 0.717) is 0 Å². The molecule has 1 aliphatic rings. The molecule has 2 aromatic carbocycles. The number of nitrogens with zero attached hydrogens (tertiary/aromatic N) is 1. The summed E-state index contributed by atoms with van der Waals surface area (Å²) in [5.41, 5.74) is 2.09. The Labute approximate surface area is 149 Å². The first kappa shape index (κ1) is 17.3. The Morgan fingerprint density at radius 2 is 1.80 bits per heavy atom. The average molecular weight is 335 g/mol. The fourth-order valence-corrected chi connectivity index (χ4v) is 3.32. The molecule has 1 aliphatic heterocycles. The van der Waals surface area contributed by atoms with Crippen LogP contribution in [0.3, 0.4) is 0 Å². The first-order chi connectivity index (χ1) is 12.2. The molecule has 130 valence electrons. The summed E-state index contributed by atoms with van der Waals surface area (Å²) in [6, 6.07) is 18.1. The van der Waals surface area contributed by atoms with Crippen molar-refractivity contribution < 1.29 is 9.53 Å². The third-order valence-corrected chi connectivity index (χ3v) is 4.77. The van der Waals surface area contributed by atoms with Gasteiger partial charge in [-0.15, -0.1) is 0 Å². The van der Waals surface area contributed by atoms with Gasteiger partial charge in [0.1, 0.15) is 5.75 Å². The molecule has 1 heterocycles. The second kappa shape index (κ2) is 8.02. The monoisotopic (exact) mass is 335 g/mol. The van der Waals surface area contributed by atoms with Crippen molar-refractivity contribution in [2.24, 2.45) is 5.92 Å². The minimum absolute atomic E-state index is 0.0852. The largest absolute Gasteiger partial charge is 0.497 e. The van der Waals surface area contributed by atoms with E-state index in [2.05, 4.69) is 31.2 Å². The van der Waals surface area contributed by atoms with Gasteiger partial charge in [-0.1, -0.05) is 62.2 Å². The molecule has 0 bridgehead atoms. The second-order valence-electron chi connectivity index (χ2n) is 6.42. The predicted octanol–water partition coefficient (Wildman–Crippen LogP) is 4.93. The van der Waals surface area contributed by atoms with Crippen LogP contribution in [0.2, 0.25) is 0 Å². The molecule has 1 saturated heterocycles. The number of hydrogen-bond acceptors (Lipinski definition) is 2. The summed E-state index contributed by atoms with van der Waals surface area (Å²) in [5.74, 6) is 1.11. The normalized spacial score (nSPS) is 19.9. The first-order valence-corrected chi connectivity index (χ1v) is 8.95. The molecule has 3 nitrogen and oxygen atoms in total. The van der Waals surface area contributed by atoms with Gasteiger partial charge in [-0.05, 0) is 36.2 Å². The molecule has 25 heavy (non-hydrogen) atoms. The van der Waals surface area contributed by atoms with Gasteiger partial charge in [-0.2, -0.15) is 0 Å². The Morgan fingerprint density at radius 1 is 1.08 bits per heavy atom. The van der Waals surface area contributed by atoms with Crippen molar-refractivity contribution in [3.63, 3.8) is 0 Å². The maximum Gasteiger partial charge on any atom is 0.233 e. The fraction of sp³-hybridized carbons (Fsp3) is 0.318. The molecule has 0 spiro atoms. The Balaban J connectivity index is 1.82. The number of ether oxygens (including phenoxy) is 1. The highest BCUT2D eigenvalue weighted by Gasteiger charge is 2.45. The number of β-lactam (4-membered cyclic amide) rings is 1. The maximum atomic E-state index is 12.7. The lowest BCUT2D eigenvalue weighted by atomic mass is 9.82. The van der Waals surface area contributed by atoms with E-state index < -0.39 is 0 Å². The second-order valence-corrected chi connectivity index (χ2v) is 6.42.